The van der Waals surface area contributed by atoms with Gasteiger partial charge >= 0.3 is 6.09 Å². The molecule has 1 aliphatic heterocycles. The Kier molecular flexibility index (Phi) is 6.07. The van der Waals surface area contributed by atoms with Gasteiger partial charge in [0.15, 0.2) is 5.65 Å². The molecule has 176 valence electrons. The Morgan fingerprint density at radius 1 is 1.18 bits per heavy atom. The molecule has 1 aromatic carbocycles. The van der Waals surface area contributed by atoms with Crippen LogP contribution in [0.4, 0.5) is 19.4 Å². The summed E-state index contributed by atoms with van der Waals surface area (Å²) in [6.45, 7) is 10.5. The fourth-order valence-corrected chi connectivity index (χ4v) is 4.51. The van der Waals surface area contributed by atoms with Gasteiger partial charge in [0, 0.05) is 41.9 Å². The molecule has 0 radical (unpaired) electrons. The molecule has 1 aliphatic rings. The van der Waals surface area contributed by atoms with E-state index in [-0.39, 0.29) is 17.7 Å². The number of amides is 1. The fourth-order valence-electron chi connectivity index (χ4n) is 3.95. The molecule has 7 nitrogen and oxygen atoms in total. The number of carbonyl (C=O) groups is 1. The number of fused-ring (bicyclic) bond motifs is 1. The summed E-state index contributed by atoms with van der Waals surface area (Å²) >= 11 is 3.57. The third-order valence-electron chi connectivity index (χ3n) is 5.61. The molecule has 0 N–H and O–H groups in total. The van der Waals surface area contributed by atoms with E-state index >= 15 is 0 Å². The van der Waals surface area contributed by atoms with Crippen LogP contribution in [0.3, 0.4) is 0 Å². The predicted octanol–water partition coefficient (Wildman–Crippen LogP) is 5.22. The maximum absolute atomic E-state index is 14.2. The average Bonchev–Trinajstić information content (AvgIpc) is 3.07. The topological polar surface area (TPSA) is 63.5 Å². The number of ether oxygens (including phenoxy) is 1. The Balaban J connectivity index is 1.67. The molecule has 1 saturated heterocycles. The summed E-state index contributed by atoms with van der Waals surface area (Å²) in [6.07, 6.45) is 2.83. The zero-order valence-electron chi connectivity index (χ0n) is 19.2. The van der Waals surface area contributed by atoms with E-state index in [0.717, 1.165) is 5.39 Å². The van der Waals surface area contributed by atoms with Gasteiger partial charge in [-0.1, -0.05) is 0 Å². The SMILES string of the molecule is Cc1c(F)cc(-n2cc(Br)c3c(N4CCN(C(=O)OC(C)(C)C)C[C@@H]4C)ncnc32)cc1F. The van der Waals surface area contributed by atoms with E-state index in [1.807, 2.05) is 27.7 Å². The van der Waals surface area contributed by atoms with Gasteiger partial charge in [0.1, 0.15) is 29.4 Å². The molecule has 10 heteroatoms. The minimum Gasteiger partial charge on any atom is -0.444 e. The van der Waals surface area contributed by atoms with Crippen molar-refractivity contribution in [2.24, 2.45) is 0 Å². The van der Waals surface area contributed by atoms with Gasteiger partial charge in [0.05, 0.1) is 11.1 Å². The van der Waals surface area contributed by atoms with Crippen LogP contribution in [0.15, 0.2) is 29.1 Å². The van der Waals surface area contributed by atoms with E-state index in [0.29, 0.717) is 41.3 Å². The number of piperazine rings is 1. The first-order chi connectivity index (χ1) is 15.5. The number of benzene rings is 1. The first-order valence-corrected chi connectivity index (χ1v) is 11.5. The molecule has 4 rings (SSSR count). The average molecular weight is 522 g/mol. The van der Waals surface area contributed by atoms with Crippen molar-refractivity contribution in [1.29, 1.82) is 0 Å². The normalized spacial score (nSPS) is 17.0. The molecule has 3 aromatic rings. The molecule has 0 unspecified atom stereocenters. The lowest BCUT2D eigenvalue weighted by atomic mass is 10.1. The molecular weight excluding hydrogens is 496 g/mol. The molecule has 33 heavy (non-hydrogen) atoms. The van der Waals surface area contributed by atoms with Crippen molar-refractivity contribution in [2.75, 3.05) is 24.5 Å². The smallest absolute Gasteiger partial charge is 0.410 e. The molecule has 1 fully saturated rings. The number of aromatic nitrogens is 3. The first kappa shape index (κ1) is 23.4. The van der Waals surface area contributed by atoms with Gasteiger partial charge in [0.2, 0.25) is 0 Å². The van der Waals surface area contributed by atoms with Gasteiger partial charge in [0.25, 0.3) is 0 Å². The van der Waals surface area contributed by atoms with Gasteiger partial charge in [-0.15, -0.1) is 0 Å². The van der Waals surface area contributed by atoms with Crippen molar-refractivity contribution in [3.63, 3.8) is 0 Å². The lowest BCUT2D eigenvalue weighted by Gasteiger charge is -2.41. The minimum atomic E-state index is -0.621. The van der Waals surface area contributed by atoms with Crippen molar-refractivity contribution in [3.05, 3.63) is 46.3 Å². The van der Waals surface area contributed by atoms with Gasteiger partial charge < -0.3 is 14.5 Å². The van der Waals surface area contributed by atoms with E-state index < -0.39 is 17.2 Å². The summed E-state index contributed by atoms with van der Waals surface area (Å²) in [5.41, 5.74) is 0.273. The molecule has 0 bridgehead atoms. The molecular formula is C23H26BrF2N5O2. The number of anilines is 1. The zero-order chi connectivity index (χ0) is 24.1. The number of hydrogen-bond acceptors (Lipinski definition) is 5. The van der Waals surface area contributed by atoms with E-state index in [1.165, 1.54) is 25.4 Å². The highest BCUT2D eigenvalue weighted by Crippen LogP contribution is 2.35. The standard InChI is InChI=1S/C23H26BrF2N5O2/c1-13-10-29(22(32)33-23(3,4)5)6-7-30(13)20-19-16(24)11-31(21(19)28-12-27-20)15-8-17(25)14(2)18(26)9-15/h8-9,11-13H,6-7,10H2,1-5H3/t13-/m0/s1. The summed E-state index contributed by atoms with van der Waals surface area (Å²) in [5.74, 6) is -0.553. The van der Waals surface area contributed by atoms with Crippen LogP contribution >= 0.6 is 15.9 Å². The van der Waals surface area contributed by atoms with E-state index in [1.54, 1.807) is 15.7 Å². The number of nitrogens with zero attached hydrogens (tertiary/aromatic N) is 5. The van der Waals surface area contributed by atoms with Crippen molar-refractivity contribution < 1.29 is 18.3 Å². The summed E-state index contributed by atoms with van der Waals surface area (Å²) < 4.78 is 36.3. The monoisotopic (exact) mass is 521 g/mol. The van der Waals surface area contributed by atoms with Crippen molar-refractivity contribution in [1.82, 2.24) is 19.4 Å². The van der Waals surface area contributed by atoms with Gasteiger partial charge in [-0.05, 0) is 62.7 Å². The summed E-state index contributed by atoms with van der Waals surface area (Å²) in [7, 11) is 0. The van der Waals surface area contributed by atoms with Crippen LogP contribution in [0.1, 0.15) is 33.3 Å². The Morgan fingerprint density at radius 2 is 1.85 bits per heavy atom. The summed E-state index contributed by atoms with van der Waals surface area (Å²) in [6, 6.07) is 2.54. The van der Waals surface area contributed by atoms with E-state index in [4.69, 9.17) is 4.74 Å². The second kappa shape index (κ2) is 8.55. The van der Waals surface area contributed by atoms with Gasteiger partial charge in [-0.25, -0.2) is 23.5 Å². The Bertz CT molecular complexity index is 1200. The molecule has 1 atom stereocenters. The highest BCUT2D eigenvalue weighted by molar-refractivity contribution is 9.10. The third-order valence-corrected chi connectivity index (χ3v) is 6.21. The predicted molar refractivity (Wildman–Crippen MR) is 126 cm³/mol. The zero-order valence-corrected chi connectivity index (χ0v) is 20.8. The number of halogens is 3. The Hall–Kier alpha value is -2.75. The first-order valence-electron chi connectivity index (χ1n) is 10.7. The Morgan fingerprint density at radius 3 is 2.45 bits per heavy atom. The maximum atomic E-state index is 14.2. The lowest BCUT2D eigenvalue weighted by molar-refractivity contribution is 0.0218. The third kappa shape index (κ3) is 4.53. The Labute approximate surface area is 199 Å². The van der Waals surface area contributed by atoms with Crippen LogP contribution < -0.4 is 4.90 Å². The highest BCUT2D eigenvalue weighted by Gasteiger charge is 2.32. The maximum Gasteiger partial charge on any atom is 0.410 e. The highest BCUT2D eigenvalue weighted by atomic mass is 79.9. The van der Waals surface area contributed by atoms with Crippen molar-refractivity contribution in [2.45, 2.75) is 46.3 Å². The minimum absolute atomic E-state index is 0.0266. The van der Waals surface area contributed by atoms with Crippen LogP contribution in [-0.2, 0) is 4.74 Å². The second-order valence-corrected chi connectivity index (χ2v) is 10.1. The molecule has 0 saturated carbocycles. The molecule has 2 aromatic heterocycles. The number of rotatable bonds is 2. The van der Waals surface area contributed by atoms with Gasteiger partial charge in [-0.2, -0.15) is 0 Å². The van der Waals surface area contributed by atoms with Crippen LogP contribution in [0, 0.1) is 18.6 Å². The summed E-state index contributed by atoms with van der Waals surface area (Å²) in [4.78, 5) is 25.2. The number of carbonyl (C=O) groups excluding carboxylic acids is 1. The lowest BCUT2D eigenvalue weighted by Crippen LogP contribution is -2.54. The fraction of sp³-hybridized carbons (Fsp3) is 0.435. The quantitative estimate of drug-likeness (QED) is 0.462. The van der Waals surface area contributed by atoms with E-state index in [9.17, 15) is 13.6 Å². The largest absolute Gasteiger partial charge is 0.444 e. The van der Waals surface area contributed by atoms with Crippen LogP contribution in [0.2, 0.25) is 0 Å². The van der Waals surface area contributed by atoms with Crippen LogP contribution in [0.25, 0.3) is 16.7 Å². The van der Waals surface area contributed by atoms with Crippen LogP contribution in [-0.4, -0.2) is 56.8 Å². The van der Waals surface area contributed by atoms with Crippen molar-refractivity contribution in [3.8, 4) is 5.69 Å². The number of hydrogen-bond donors (Lipinski definition) is 0. The van der Waals surface area contributed by atoms with Crippen molar-refractivity contribution >= 4 is 38.9 Å². The van der Waals surface area contributed by atoms with Crippen LogP contribution in [0.5, 0.6) is 0 Å². The van der Waals surface area contributed by atoms with Gasteiger partial charge in [-0.3, -0.25) is 4.57 Å². The van der Waals surface area contributed by atoms with E-state index in [2.05, 4.69) is 30.8 Å². The molecule has 0 spiro atoms. The second-order valence-electron chi connectivity index (χ2n) is 9.25. The molecule has 1 amide bonds. The molecule has 0 aliphatic carbocycles. The summed E-state index contributed by atoms with van der Waals surface area (Å²) in [5, 5.41) is 0.733. The molecule has 3 heterocycles.